The second kappa shape index (κ2) is 5.63. The van der Waals surface area contributed by atoms with Crippen molar-refractivity contribution in [2.75, 3.05) is 11.4 Å². The first-order chi connectivity index (χ1) is 7.93. The van der Waals surface area contributed by atoms with E-state index in [-0.39, 0.29) is 18.5 Å². The summed E-state index contributed by atoms with van der Waals surface area (Å²) in [5, 5.41) is 0. The zero-order valence-electron chi connectivity index (χ0n) is 10.6. The van der Waals surface area contributed by atoms with Crippen molar-refractivity contribution in [3.63, 3.8) is 0 Å². The standard InChI is InChI=1S/C12H20N4O/c1-8(2)16(7-11(14)17)12-5-10(6-13)4-9(3)15-12/h4-5,8H,6-7,13H2,1-3H3,(H2,14,17). The van der Waals surface area contributed by atoms with E-state index in [1.807, 2.05) is 37.8 Å². The van der Waals surface area contributed by atoms with Gasteiger partial charge in [-0.3, -0.25) is 4.79 Å². The van der Waals surface area contributed by atoms with Gasteiger partial charge in [0.05, 0.1) is 6.54 Å². The highest BCUT2D eigenvalue weighted by molar-refractivity contribution is 5.79. The van der Waals surface area contributed by atoms with E-state index < -0.39 is 0 Å². The van der Waals surface area contributed by atoms with E-state index in [1.165, 1.54) is 0 Å². The Hall–Kier alpha value is -1.62. The minimum absolute atomic E-state index is 0.155. The number of aromatic nitrogens is 1. The van der Waals surface area contributed by atoms with Gasteiger partial charge >= 0.3 is 0 Å². The SMILES string of the molecule is Cc1cc(CN)cc(N(CC(N)=O)C(C)C)n1. The van der Waals surface area contributed by atoms with Gasteiger partial charge < -0.3 is 16.4 Å². The highest BCUT2D eigenvalue weighted by Gasteiger charge is 2.15. The van der Waals surface area contributed by atoms with E-state index in [0.29, 0.717) is 6.54 Å². The van der Waals surface area contributed by atoms with Crippen LogP contribution >= 0.6 is 0 Å². The maximum Gasteiger partial charge on any atom is 0.237 e. The molecule has 0 unspecified atom stereocenters. The highest BCUT2D eigenvalue weighted by Crippen LogP contribution is 2.17. The van der Waals surface area contributed by atoms with Crippen molar-refractivity contribution in [1.82, 2.24) is 4.98 Å². The van der Waals surface area contributed by atoms with Crippen LogP contribution < -0.4 is 16.4 Å². The van der Waals surface area contributed by atoms with Gasteiger partial charge in [-0.15, -0.1) is 0 Å². The van der Waals surface area contributed by atoms with Crippen LogP contribution in [-0.4, -0.2) is 23.5 Å². The van der Waals surface area contributed by atoms with Gasteiger partial charge in [0.15, 0.2) is 0 Å². The Morgan fingerprint density at radius 3 is 2.59 bits per heavy atom. The molecule has 0 radical (unpaired) electrons. The lowest BCUT2D eigenvalue weighted by molar-refractivity contribution is -0.116. The molecule has 0 aliphatic carbocycles. The molecule has 1 aromatic rings. The first-order valence-corrected chi connectivity index (χ1v) is 5.66. The van der Waals surface area contributed by atoms with Gasteiger partial charge in [0, 0.05) is 18.3 Å². The van der Waals surface area contributed by atoms with Crippen molar-refractivity contribution < 1.29 is 4.79 Å². The topological polar surface area (TPSA) is 85.2 Å². The monoisotopic (exact) mass is 236 g/mol. The molecule has 0 fully saturated rings. The molecule has 1 amide bonds. The number of hydrogen-bond acceptors (Lipinski definition) is 4. The molecular weight excluding hydrogens is 216 g/mol. The number of nitrogens with two attached hydrogens (primary N) is 2. The molecule has 0 saturated carbocycles. The summed E-state index contributed by atoms with van der Waals surface area (Å²) in [5.74, 6) is 0.385. The van der Waals surface area contributed by atoms with Crippen LogP contribution in [0.15, 0.2) is 12.1 Å². The predicted octanol–water partition coefficient (Wildman–Crippen LogP) is 0.549. The summed E-state index contributed by atoms with van der Waals surface area (Å²) in [5.41, 5.74) is 12.8. The van der Waals surface area contributed by atoms with Crippen LogP contribution in [0.4, 0.5) is 5.82 Å². The van der Waals surface area contributed by atoms with Gasteiger partial charge in [-0.25, -0.2) is 4.98 Å². The van der Waals surface area contributed by atoms with E-state index in [0.717, 1.165) is 17.1 Å². The molecule has 5 nitrogen and oxygen atoms in total. The molecule has 1 heterocycles. The zero-order valence-corrected chi connectivity index (χ0v) is 10.6. The van der Waals surface area contributed by atoms with Crippen molar-refractivity contribution >= 4 is 11.7 Å². The maximum absolute atomic E-state index is 11.1. The number of hydrogen-bond donors (Lipinski definition) is 2. The summed E-state index contributed by atoms with van der Waals surface area (Å²) in [6.45, 7) is 6.52. The van der Waals surface area contributed by atoms with Crippen molar-refractivity contribution in [2.24, 2.45) is 11.5 Å². The van der Waals surface area contributed by atoms with Crippen molar-refractivity contribution in [3.05, 3.63) is 23.4 Å². The third kappa shape index (κ3) is 3.71. The highest BCUT2D eigenvalue weighted by atomic mass is 16.1. The van der Waals surface area contributed by atoms with Crippen LogP contribution in [0.1, 0.15) is 25.1 Å². The van der Waals surface area contributed by atoms with Crippen LogP contribution in [-0.2, 0) is 11.3 Å². The third-order valence-electron chi connectivity index (χ3n) is 2.48. The average Bonchev–Trinajstić information content (AvgIpc) is 2.24. The number of primary amides is 1. The van der Waals surface area contributed by atoms with E-state index in [1.54, 1.807) is 0 Å². The minimum atomic E-state index is -0.365. The molecule has 0 bridgehead atoms. The Balaban J connectivity index is 3.08. The normalized spacial score (nSPS) is 10.6. The van der Waals surface area contributed by atoms with E-state index in [4.69, 9.17) is 11.5 Å². The fourth-order valence-corrected chi connectivity index (χ4v) is 1.68. The predicted molar refractivity (Wildman–Crippen MR) is 68.5 cm³/mol. The van der Waals surface area contributed by atoms with Crippen LogP contribution in [0.5, 0.6) is 0 Å². The van der Waals surface area contributed by atoms with Crippen molar-refractivity contribution in [3.8, 4) is 0 Å². The molecule has 0 spiro atoms. The summed E-state index contributed by atoms with van der Waals surface area (Å²) in [7, 11) is 0. The number of carbonyl (C=O) groups excluding carboxylic acids is 1. The van der Waals surface area contributed by atoms with Gasteiger partial charge in [0.1, 0.15) is 5.82 Å². The van der Waals surface area contributed by atoms with E-state index in [2.05, 4.69) is 4.98 Å². The number of carbonyl (C=O) groups is 1. The molecular formula is C12H20N4O. The van der Waals surface area contributed by atoms with E-state index >= 15 is 0 Å². The average molecular weight is 236 g/mol. The number of rotatable bonds is 5. The summed E-state index contributed by atoms with van der Waals surface area (Å²) in [4.78, 5) is 17.3. The Kier molecular flexibility index (Phi) is 4.45. The lowest BCUT2D eigenvalue weighted by atomic mass is 10.2. The maximum atomic E-state index is 11.1. The number of pyridine rings is 1. The van der Waals surface area contributed by atoms with Crippen LogP contribution in [0, 0.1) is 6.92 Å². The number of anilines is 1. The van der Waals surface area contributed by atoms with Crippen LogP contribution in [0.2, 0.25) is 0 Å². The zero-order chi connectivity index (χ0) is 13.0. The quantitative estimate of drug-likeness (QED) is 0.781. The van der Waals surface area contributed by atoms with Gasteiger partial charge in [0.2, 0.25) is 5.91 Å². The molecule has 4 N–H and O–H groups in total. The summed E-state index contributed by atoms with van der Waals surface area (Å²) in [6, 6.07) is 3.99. The largest absolute Gasteiger partial charge is 0.368 e. The van der Waals surface area contributed by atoms with Crippen LogP contribution in [0.3, 0.4) is 0 Å². The number of aryl methyl sites for hydroxylation is 1. The van der Waals surface area contributed by atoms with Crippen molar-refractivity contribution in [1.29, 1.82) is 0 Å². The number of nitrogens with zero attached hydrogens (tertiary/aromatic N) is 2. The van der Waals surface area contributed by atoms with E-state index in [9.17, 15) is 4.79 Å². The van der Waals surface area contributed by atoms with Gasteiger partial charge in [-0.1, -0.05) is 0 Å². The van der Waals surface area contributed by atoms with Gasteiger partial charge in [0.25, 0.3) is 0 Å². The molecule has 0 saturated heterocycles. The molecule has 5 heteroatoms. The lowest BCUT2D eigenvalue weighted by Gasteiger charge is -2.27. The molecule has 1 rings (SSSR count). The van der Waals surface area contributed by atoms with Gasteiger partial charge in [-0.05, 0) is 38.5 Å². The Morgan fingerprint density at radius 2 is 2.12 bits per heavy atom. The van der Waals surface area contributed by atoms with Crippen LogP contribution in [0.25, 0.3) is 0 Å². The minimum Gasteiger partial charge on any atom is -0.368 e. The second-order valence-corrected chi connectivity index (χ2v) is 4.37. The van der Waals surface area contributed by atoms with Crippen molar-refractivity contribution in [2.45, 2.75) is 33.4 Å². The lowest BCUT2D eigenvalue weighted by Crippen LogP contribution is -2.39. The smallest absolute Gasteiger partial charge is 0.237 e. The molecule has 0 atom stereocenters. The summed E-state index contributed by atoms with van der Waals surface area (Å²) >= 11 is 0. The fourth-order valence-electron chi connectivity index (χ4n) is 1.68. The molecule has 94 valence electrons. The molecule has 0 aliphatic rings. The summed E-state index contributed by atoms with van der Waals surface area (Å²) in [6.07, 6.45) is 0. The Labute approximate surface area is 102 Å². The molecule has 0 aliphatic heterocycles. The Bertz CT molecular complexity index is 403. The first-order valence-electron chi connectivity index (χ1n) is 5.66. The number of amides is 1. The molecule has 17 heavy (non-hydrogen) atoms. The Morgan fingerprint density at radius 1 is 1.47 bits per heavy atom. The molecule has 0 aromatic carbocycles. The second-order valence-electron chi connectivity index (χ2n) is 4.37. The van der Waals surface area contributed by atoms with Gasteiger partial charge in [-0.2, -0.15) is 0 Å². The third-order valence-corrected chi connectivity index (χ3v) is 2.48. The fraction of sp³-hybridized carbons (Fsp3) is 0.500. The summed E-state index contributed by atoms with van der Waals surface area (Å²) < 4.78 is 0. The molecule has 1 aromatic heterocycles. The first kappa shape index (κ1) is 13.4.